The van der Waals surface area contributed by atoms with E-state index in [0.29, 0.717) is 6.04 Å². The maximum Gasteiger partial charge on any atom is 0.163 e. The summed E-state index contributed by atoms with van der Waals surface area (Å²) >= 11 is 1.35. The smallest absolute Gasteiger partial charge is 0.163 e. The van der Waals surface area contributed by atoms with Gasteiger partial charge in [0.2, 0.25) is 0 Å². The molecule has 4 nitrogen and oxygen atoms in total. The third kappa shape index (κ3) is 2.61. The summed E-state index contributed by atoms with van der Waals surface area (Å²) in [5.41, 5.74) is 2.12. The normalized spacial score (nSPS) is 17.6. The van der Waals surface area contributed by atoms with Crippen LogP contribution in [0.3, 0.4) is 0 Å². The molecule has 1 aliphatic rings. The standard InChI is InChI=1S/C12H16N4S/c1-2-4-10(5-3-1)13-7-9-6-11-12(14-8-9)17-16-15-11/h6,8,10,13H,1-5,7H2. The van der Waals surface area contributed by atoms with Crippen LogP contribution in [0, 0.1) is 0 Å². The molecule has 2 aromatic rings. The second-order valence-corrected chi connectivity index (χ2v) is 5.39. The Morgan fingerprint density at radius 3 is 3.06 bits per heavy atom. The van der Waals surface area contributed by atoms with E-state index >= 15 is 0 Å². The lowest BCUT2D eigenvalue weighted by molar-refractivity contribution is 0.372. The summed E-state index contributed by atoms with van der Waals surface area (Å²) in [5.74, 6) is 0. The fraction of sp³-hybridized carbons (Fsp3) is 0.583. The van der Waals surface area contributed by atoms with Gasteiger partial charge in [-0.3, -0.25) is 0 Å². The molecule has 1 N–H and O–H groups in total. The zero-order valence-electron chi connectivity index (χ0n) is 9.72. The van der Waals surface area contributed by atoms with E-state index in [4.69, 9.17) is 0 Å². The van der Waals surface area contributed by atoms with Crippen LogP contribution in [-0.2, 0) is 6.54 Å². The first-order valence-corrected chi connectivity index (χ1v) is 6.99. The van der Waals surface area contributed by atoms with Crippen LogP contribution in [0.5, 0.6) is 0 Å². The van der Waals surface area contributed by atoms with Gasteiger partial charge in [0.1, 0.15) is 5.52 Å². The van der Waals surface area contributed by atoms with Gasteiger partial charge in [-0.2, -0.15) is 0 Å². The number of nitrogens with zero attached hydrogens (tertiary/aromatic N) is 3. The highest BCUT2D eigenvalue weighted by atomic mass is 32.1. The summed E-state index contributed by atoms with van der Waals surface area (Å²) in [4.78, 5) is 5.28. The molecule has 1 aliphatic carbocycles. The zero-order chi connectivity index (χ0) is 11.5. The predicted octanol–water partition coefficient (Wildman–Crippen LogP) is 2.51. The first-order valence-electron chi connectivity index (χ1n) is 6.22. The molecule has 2 heterocycles. The molecule has 0 aliphatic heterocycles. The Morgan fingerprint density at radius 2 is 2.18 bits per heavy atom. The van der Waals surface area contributed by atoms with Crippen LogP contribution in [0.2, 0.25) is 0 Å². The average Bonchev–Trinajstić information content (AvgIpc) is 2.85. The van der Waals surface area contributed by atoms with E-state index in [9.17, 15) is 0 Å². The monoisotopic (exact) mass is 248 g/mol. The lowest BCUT2D eigenvalue weighted by Crippen LogP contribution is -2.30. The quantitative estimate of drug-likeness (QED) is 0.906. The van der Waals surface area contributed by atoms with E-state index in [1.165, 1.54) is 49.2 Å². The first kappa shape index (κ1) is 11.0. The van der Waals surface area contributed by atoms with Crippen LogP contribution >= 0.6 is 11.5 Å². The van der Waals surface area contributed by atoms with E-state index in [-0.39, 0.29) is 0 Å². The molecule has 0 radical (unpaired) electrons. The van der Waals surface area contributed by atoms with Gasteiger partial charge in [0.25, 0.3) is 0 Å². The number of nitrogens with one attached hydrogen (secondary N) is 1. The van der Waals surface area contributed by atoms with E-state index in [1.54, 1.807) is 0 Å². The molecule has 0 atom stereocenters. The van der Waals surface area contributed by atoms with Crippen LogP contribution in [0.4, 0.5) is 0 Å². The molecule has 0 saturated heterocycles. The van der Waals surface area contributed by atoms with Gasteiger partial charge >= 0.3 is 0 Å². The summed E-state index contributed by atoms with van der Waals surface area (Å²) in [7, 11) is 0. The lowest BCUT2D eigenvalue weighted by atomic mass is 9.95. The average molecular weight is 248 g/mol. The summed E-state index contributed by atoms with van der Waals surface area (Å²) in [6.07, 6.45) is 8.69. The van der Waals surface area contributed by atoms with Crippen LogP contribution in [0.1, 0.15) is 37.7 Å². The third-order valence-electron chi connectivity index (χ3n) is 3.36. The molecule has 0 amide bonds. The van der Waals surface area contributed by atoms with Crippen molar-refractivity contribution in [3.8, 4) is 0 Å². The SMILES string of the molecule is c1nc2snnc2cc1CNC1CCCCC1. The molecule has 0 bridgehead atoms. The van der Waals surface area contributed by atoms with E-state index in [1.807, 2.05) is 6.20 Å². The number of fused-ring (bicyclic) bond motifs is 1. The minimum Gasteiger partial charge on any atom is -0.310 e. The van der Waals surface area contributed by atoms with Gasteiger partial charge in [-0.05, 0) is 24.5 Å². The fourth-order valence-electron chi connectivity index (χ4n) is 2.39. The van der Waals surface area contributed by atoms with E-state index < -0.39 is 0 Å². The number of rotatable bonds is 3. The predicted molar refractivity (Wildman–Crippen MR) is 68.9 cm³/mol. The van der Waals surface area contributed by atoms with Crippen LogP contribution in [-0.4, -0.2) is 20.6 Å². The zero-order valence-corrected chi connectivity index (χ0v) is 10.5. The number of hydrogen-bond donors (Lipinski definition) is 1. The minimum absolute atomic E-state index is 0.688. The minimum atomic E-state index is 0.688. The van der Waals surface area contributed by atoms with Crippen molar-refractivity contribution < 1.29 is 0 Å². The molecular weight excluding hydrogens is 232 g/mol. The maximum atomic E-state index is 4.36. The van der Waals surface area contributed by atoms with Gasteiger partial charge in [0.05, 0.1) is 0 Å². The van der Waals surface area contributed by atoms with Crippen molar-refractivity contribution in [1.29, 1.82) is 0 Å². The van der Waals surface area contributed by atoms with Crippen LogP contribution in [0.25, 0.3) is 10.3 Å². The van der Waals surface area contributed by atoms with Gasteiger partial charge in [-0.25, -0.2) is 4.98 Å². The van der Waals surface area contributed by atoms with Gasteiger partial charge in [-0.15, -0.1) is 5.10 Å². The van der Waals surface area contributed by atoms with E-state index in [2.05, 4.69) is 26.0 Å². The Hall–Kier alpha value is -1.07. The molecule has 2 aromatic heterocycles. The molecule has 0 aromatic carbocycles. The van der Waals surface area contributed by atoms with Gasteiger partial charge < -0.3 is 5.32 Å². The van der Waals surface area contributed by atoms with Crippen molar-refractivity contribution in [1.82, 2.24) is 19.9 Å². The lowest BCUT2D eigenvalue weighted by Gasteiger charge is -2.22. The molecule has 90 valence electrons. The van der Waals surface area contributed by atoms with Gasteiger partial charge in [-0.1, -0.05) is 23.8 Å². The molecule has 3 rings (SSSR count). The largest absolute Gasteiger partial charge is 0.310 e. The molecule has 5 heteroatoms. The van der Waals surface area contributed by atoms with Crippen molar-refractivity contribution >= 4 is 21.9 Å². The van der Waals surface area contributed by atoms with Crippen LogP contribution < -0.4 is 5.32 Å². The fourth-order valence-corrected chi connectivity index (χ4v) is 2.89. The van der Waals surface area contributed by atoms with Gasteiger partial charge in [0.15, 0.2) is 4.83 Å². The Kier molecular flexibility index (Phi) is 3.29. The van der Waals surface area contributed by atoms with Crippen molar-refractivity contribution in [2.45, 2.75) is 44.7 Å². The Bertz CT molecular complexity index is 490. The van der Waals surface area contributed by atoms with Gasteiger partial charge in [0, 0.05) is 30.3 Å². The Labute approximate surface area is 105 Å². The molecule has 17 heavy (non-hydrogen) atoms. The second-order valence-electron chi connectivity index (χ2n) is 4.66. The maximum absolute atomic E-state index is 4.36. The number of hydrogen-bond acceptors (Lipinski definition) is 5. The van der Waals surface area contributed by atoms with Crippen molar-refractivity contribution in [2.24, 2.45) is 0 Å². The summed E-state index contributed by atoms with van der Waals surface area (Å²) < 4.78 is 3.90. The summed E-state index contributed by atoms with van der Waals surface area (Å²) in [5, 5.41) is 7.66. The number of pyridine rings is 1. The highest BCUT2D eigenvalue weighted by molar-refractivity contribution is 7.12. The van der Waals surface area contributed by atoms with Crippen molar-refractivity contribution in [3.05, 3.63) is 17.8 Å². The molecule has 0 unspecified atom stereocenters. The molecule has 1 fully saturated rings. The van der Waals surface area contributed by atoms with Crippen molar-refractivity contribution in [3.63, 3.8) is 0 Å². The summed E-state index contributed by atoms with van der Waals surface area (Å²) in [6.45, 7) is 0.894. The van der Waals surface area contributed by atoms with Crippen LogP contribution in [0.15, 0.2) is 12.3 Å². The molecule has 1 saturated carbocycles. The third-order valence-corrected chi connectivity index (χ3v) is 4.02. The Balaban J connectivity index is 1.63. The number of aromatic nitrogens is 3. The first-order chi connectivity index (χ1) is 8.42. The summed E-state index contributed by atoms with van der Waals surface area (Å²) in [6, 6.07) is 2.77. The topological polar surface area (TPSA) is 50.7 Å². The van der Waals surface area contributed by atoms with E-state index in [0.717, 1.165) is 16.9 Å². The molecular formula is C12H16N4S. The highest BCUT2D eigenvalue weighted by Crippen LogP contribution is 2.18. The highest BCUT2D eigenvalue weighted by Gasteiger charge is 2.12. The second kappa shape index (κ2) is 5.06. The Morgan fingerprint density at radius 1 is 1.29 bits per heavy atom. The molecule has 0 spiro atoms. The van der Waals surface area contributed by atoms with Crippen molar-refractivity contribution in [2.75, 3.05) is 0 Å².